The standard InChI is InChI=1S/C16H18N2O2/c1-20-15-8-2-12(3-9-15)10-11-18-14-6-4-13(5-7-14)16(17)19/h2-9,18H,10-11H2,1H3,(H2,17,19). The number of primary amides is 1. The first-order chi connectivity index (χ1) is 9.69. The van der Waals surface area contributed by atoms with Crippen LogP contribution in [-0.2, 0) is 6.42 Å². The van der Waals surface area contributed by atoms with E-state index in [4.69, 9.17) is 10.5 Å². The minimum absolute atomic E-state index is 0.408. The van der Waals surface area contributed by atoms with E-state index in [-0.39, 0.29) is 0 Å². The summed E-state index contributed by atoms with van der Waals surface area (Å²) in [6.45, 7) is 0.822. The number of ether oxygens (including phenoxy) is 1. The number of hydrogen-bond donors (Lipinski definition) is 2. The SMILES string of the molecule is COc1ccc(CCNc2ccc(C(N)=O)cc2)cc1. The van der Waals surface area contributed by atoms with Gasteiger partial charge in [0.15, 0.2) is 0 Å². The molecule has 3 N–H and O–H groups in total. The summed E-state index contributed by atoms with van der Waals surface area (Å²) in [5.41, 5.74) is 7.93. The van der Waals surface area contributed by atoms with Gasteiger partial charge in [0.25, 0.3) is 0 Å². The Balaban J connectivity index is 1.84. The Morgan fingerprint density at radius 2 is 1.75 bits per heavy atom. The fourth-order valence-electron chi connectivity index (χ4n) is 1.90. The van der Waals surface area contributed by atoms with Gasteiger partial charge in [-0.15, -0.1) is 0 Å². The van der Waals surface area contributed by atoms with Crippen LogP contribution in [0.15, 0.2) is 48.5 Å². The maximum absolute atomic E-state index is 11.0. The number of benzene rings is 2. The molecular weight excluding hydrogens is 252 g/mol. The van der Waals surface area contributed by atoms with Crippen molar-refractivity contribution in [3.63, 3.8) is 0 Å². The lowest BCUT2D eigenvalue weighted by molar-refractivity contribution is 0.100. The predicted molar refractivity (Wildman–Crippen MR) is 80.1 cm³/mol. The van der Waals surface area contributed by atoms with Crippen LogP contribution >= 0.6 is 0 Å². The average Bonchev–Trinajstić information content (AvgIpc) is 2.48. The van der Waals surface area contributed by atoms with Crippen LogP contribution in [0.1, 0.15) is 15.9 Å². The van der Waals surface area contributed by atoms with Gasteiger partial charge in [0, 0.05) is 17.8 Å². The van der Waals surface area contributed by atoms with Crippen molar-refractivity contribution in [1.29, 1.82) is 0 Å². The molecule has 0 saturated carbocycles. The fraction of sp³-hybridized carbons (Fsp3) is 0.188. The third-order valence-electron chi connectivity index (χ3n) is 3.07. The van der Waals surface area contributed by atoms with Gasteiger partial charge in [0.05, 0.1) is 7.11 Å². The molecule has 0 heterocycles. The van der Waals surface area contributed by atoms with Gasteiger partial charge in [0.2, 0.25) is 5.91 Å². The Labute approximate surface area is 118 Å². The highest BCUT2D eigenvalue weighted by Gasteiger charge is 1.99. The van der Waals surface area contributed by atoms with Crippen molar-refractivity contribution < 1.29 is 9.53 Å². The first-order valence-corrected chi connectivity index (χ1v) is 6.46. The molecule has 20 heavy (non-hydrogen) atoms. The number of hydrogen-bond acceptors (Lipinski definition) is 3. The quantitative estimate of drug-likeness (QED) is 0.847. The van der Waals surface area contributed by atoms with Gasteiger partial charge in [-0.1, -0.05) is 12.1 Å². The van der Waals surface area contributed by atoms with Crippen molar-refractivity contribution in [3.05, 3.63) is 59.7 Å². The molecule has 2 rings (SSSR count). The molecule has 104 valence electrons. The van der Waals surface area contributed by atoms with Gasteiger partial charge in [-0.2, -0.15) is 0 Å². The molecule has 0 aliphatic heterocycles. The van der Waals surface area contributed by atoms with Crippen LogP contribution in [0.2, 0.25) is 0 Å². The van der Waals surface area contributed by atoms with E-state index in [1.807, 2.05) is 24.3 Å². The Hall–Kier alpha value is -2.49. The van der Waals surface area contributed by atoms with Crippen LogP contribution in [0.5, 0.6) is 5.75 Å². The summed E-state index contributed by atoms with van der Waals surface area (Å²) < 4.78 is 5.12. The Morgan fingerprint density at radius 3 is 2.30 bits per heavy atom. The Bertz CT molecular complexity index is 562. The molecule has 0 saturated heterocycles. The molecule has 0 aliphatic rings. The lowest BCUT2D eigenvalue weighted by Crippen LogP contribution is -2.11. The van der Waals surface area contributed by atoms with Gasteiger partial charge in [0.1, 0.15) is 5.75 Å². The average molecular weight is 270 g/mol. The molecule has 0 spiro atoms. The first-order valence-electron chi connectivity index (χ1n) is 6.46. The van der Waals surface area contributed by atoms with Gasteiger partial charge in [-0.05, 0) is 48.4 Å². The third-order valence-corrected chi connectivity index (χ3v) is 3.07. The molecule has 0 aromatic heterocycles. The minimum atomic E-state index is -0.408. The zero-order chi connectivity index (χ0) is 14.4. The van der Waals surface area contributed by atoms with E-state index in [0.717, 1.165) is 24.4 Å². The highest BCUT2D eigenvalue weighted by Crippen LogP contribution is 2.13. The second-order valence-electron chi connectivity index (χ2n) is 4.47. The number of carbonyl (C=O) groups is 1. The van der Waals surface area contributed by atoms with Crippen LogP contribution in [-0.4, -0.2) is 19.6 Å². The van der Waals surface area contributed by atoms with Gasteiger partial charge < -0.3 is 15.8 Å². The van der Waals surface area contributed by atoms with E-state index >= 15 is 0 Å². The number of amides is 1. The van der Waals surface area contributed by atoms with Crippen LogP contribution in [0.25, 0.3) is 0 Å². The number of nitrogens with one attached hydrogen (secondary N) is 1. The molecule has 4 heteroatoms. The molecule has 4 nitrogen and oxygen atoms in total. The normalized spacial score (nSPS) is 10.1. The second-order valence-corrected chi connectivity index (χ2v) is 4.47. The molecule has 0 atom stereocenters. The van der Waals surface area contributed by atoms with E-state index in [0.29, 0.717) is 5.56 Å². The molecule has 0 fully saturated rings. The predicted octanol–water partition coefficient (Wildman–Crippen LogP) is 2.45. The third kappa shape index (κ3) is 3.75. The number of methoxy groups -OCH3 is 1. The molecule has 2 aromatic rings. The summed E-state index contributed by atoms with van der Waals surface area (Å²) in [5.74, 6) is 0.457. The first kappa shape index (κ1) is 13.9. The number of rotatable bonds is 6. The van der Waals surface area contributed by atoms with Crippen molar-refractivity contribution in [2.75, 3.05) is 19.0 Å². The van der Waals surface area contributed by atoms with Gasteiger partial charge >= 0.3 is 0 Å². The van der Waals surface area contributed by atoms with Crippen molar-refractivity contribution >= 4 is 11.6 Å². The number of anilines is 1. The van der Waals surface area contributed by atoms with Crippen LogP contribution in [0.3, 0.4) is 0 Å². The monoisotopic (exact) mass is 270 g/mol. The van der Waals surface area contributed by atoms with E-state index in [1.165, 1.54) is 5.56 Å². The van der Waals surface area contributed by atoms with Crippen molar-refractivity contribution in [2.24, 2.45) is 5.73 Å². The Kier molecular flexibility index (Phi) is 4.60. The van der Waals surface area contributed by atoms with Crippen LogP contribution < -0.4 is 15.8 Å². The van der Waals surface area contributed by atoms with Crippen molar-refractivity contribution in [2.45, 2.75) is 6.42 Å². The van der Waals surface area contributed by atoms with Crippen LogP contribution in [0, 0.1) is 0 Å². The summed E-state index contributed by atoms with van der Waals surface area (Å²) in [7, 11) is 1.66. The highest BCUT2D eigenvalue weighted by molar-refractivity contribution is 5.93. The van der Waals surface area contributed by atoms with E-state index in [9.17, 15) is 4.79 Å². The summed E-state index contributed by atoms with van der Waals surface area (Å²) in [6, 6.07) is 15.2. The summed E-state index contributed by atoms with van der Waals surface area (Å²) in [5, 5.41) is 3.30. The lowest BCUT2D eigenvalue weighted by atomic mass is 10.1. The van der Waals surface area contributed by atoms with E-state index in [2.05, 4.69) is 17.4 Å². The van der Waals surface area contributed by atoms with E-state index < -0.39 is 5.91 Å². The molecule has 2 aromatic carbocycles. The summed E-state index contributed by atoms with van der Waals surface area (Å²) >= 11 is 0. The molecule has 0 radical (unpaired) electrons. The van der Waals surface area contributed by atoms with Crippen LogP contribution in [0.4, 0.5) is 5.69 Å². The number of carbonyl (C=O) groups excluding carboxylic acids is 1. The highest BCUT2D eigenvalue weighted by atomic mass is 16.5. The molecule has 0 bridgehead atoms. The zero-order valence-corrected chi connectivity index (χ0v) is 11.4. The van der Waals surface area contributed by atoms with Gasteiger partial charge in [-0.25, -0.2) is 0 Å². The smallest absolute Gasteiger partial charge is 0.248 e. The number of nitrogens with two attached hydrogens (primary N) is 1. The maximum atomic E-state index is 11.0. The molecule has 0 unspecified atom stereocenters. The lowest BCUT2D eigenvalue weighted by Gasteiger charge is -2.07. The van der Waals surface area contributed by atoms with Crippen molar-refractivity contribution in [3.8, 4) is 5.75 Å². The zero-order valence-electron chi connectivity index (χ0n) is 11.4. The second kappa shape index (κ2) is 6.61. The summed E-state index contributed by atoms with van der Waals surface area (Å²) in [6.07, 6.45) is 0.918. The molecule has 1 amide bonds. The minimum Gasteiger partial charge on any atom is -0.497 e. The maximum Gasteiger partial charge on any atom is 0.248 e. The largest absolute Gasteiger partial charge is 0.497 e. The van der Waals surface area contributed by atoms with E-state index in [1.54, 1.807) is 19.2 Å². The summed E-state index contributed by atoms with van der Waals surface area (Å²) in [4.78, 5) is 11.0. The Morgan fingerprint density at radius 1 is 1.10 bits per heavy atom. The van der Waals surface area contributed by atoms with Crippen molar-refractivity contribution in [1.82, 2.24) is 0 Å². The topological polar surface area (TPSA) is 64.3 Å². The molecular formula is C16H18N2O2. The molecule has 0 aliphatic carbocycles. The fourth-order valence-corrected chi connectivity index (χ4v) is 1.90. The van der Waals surface area contributed by atoms with Gasteiger partial charge in [-0.3, -0.25) is 4.79 Å².